The Morgan fingerprint density at radius 3 is 2.48 bits per heavy atom. The van der Waals surface area contributed by atoms with E-state index in [-0.39, 0.29) is 0 Å². The predicted octanol–water partition coefficient (Wildman–Crippen LogP) is 1.38. The Labute approximate surface area is 126 Å². The minimum absolute atomic E-state index is 0.611. The van der Waals surface area contributed by atoms with Crippen LogP contribution in [0.2, 0.25) is 0 Å². The van der Waals surface area contributed by atoms with Crippen molar-refractivity contribution >= 4 is 5.82 Å². The predicted molar refractivity (Wildman–Crippen MR) is 86.0 cm³/mol. The molecule has 0 spiro atoms. The molecule has 1 aliphatic rings. The number of nitrogen functional groups attached to an aromatic ring is 1. The van der Waals surface area contributed by atoms with Crippen LogP contribution < -0.4 is 5.73 Å². The highest BCUT2D eigenvalue weighted by Gasteiger charge is 2.14. The summed E-state index contributed by atoms with van der Waals surface area (Å²) in [6.45, 7) is 6.49. The Morgan fingerprint density at radius 1 is 1.05 bits per heavy atom. The Kier molecular flexibility index (Phi) is 4.22. The van der Waals surface area contributed by atoms with E-state index in [0.29, 0.717) is 5.82 Å². The van der Waals surface area contributed by atoms with Gasteiger partial charge in [0.15, 0.2) is 5.82 Å². The number of benzene rings is 1. The first kappa shape index (κ1) is 14.1. The van der Waals surface area contributed by atoms with Crippen molar-refractivity contribution in [3.63, 3.8) is 0 Å². The molecule has 5 heteroatoms. The van der Waals surface area contributed by atoms with Gasteiger partial charge in [-0.1, -0.05) is 30.3 Å². The summed E-state index contributed by atoms with van der Waals surface area (Å²) in [5.41, 5.74) is 8.20. The molecule has 0 aliphatic carbocycles. The van der Waals surface area contributed by atoms with Crippen molar-refractivity contribution in [3.8, 4) is 11.1 Å². The zero-order valence-corrected chi connectivity index (χ0v) is 12.6. The second-order valence-electron chi connectivity index (χ2n) is 5.70. The quantitative estimate of drug-likeness (QED) is 0.922. The maximum atomic E-state index is 6.05. The summed E-state index contributed by atoms with van der Waals surface area (Å²) in [7, 11) is 2.18. The molecular formula is C16H23N5. The fraction of sp³-hybridized carbons (Fsp3) is 0.438. The lowest BCUT2D eigenvalue weighted by atomic mass is 10.1. The molecule has 1 saturated heterocycles. The van der Waals surface area contributed by atoms with E-state index < -0.39 is 0 Å². The highest BCUT2D eigenvalue weighted by Crippen LogP contribution is 2.24. The van der Waals surface area contributed by atoms with Crippen LogP contribution in [-0.4, -0.2) is 59.4 Å². The van der Waals surface area contributed by atoms with Gasteiger partial charge in [-0.2, -0.15) is 5.10 Å². The van der Waals surface area contributed by atoms with Gasteiger partial charge in [0, 0.05) is 44.5 Å². The molecule has 1 aliphatic heterocycles. The van der Waals surface area contributed by atoms with Crippen LogP contribution in [-0.2, 0) is 6.54 Å². The Bertz CT molecular complexity index is 570. The molecule has 2 heterocycles. The zero-order chi connectivity index (χ0) is 14.7. The van der Waals surface area contributed by atoms with Gasteiger partial charge < -0.3 is 10.6 Å². The van der Waals surface area contributed by atoms with Gasteiger partial charge in [0.1, 0.15) is 0 Å². The van der Waals surface area contributed by atoms with Crippen LogP contribution in [0.15, 0.2) is 36.5 Å². The van der Waals surface area contributed by atoms with E-state index in [1.807, 2.05) is 22.9 Å². The van der Waals surface area contributed by atoms with Crippen LogP contribution in [0, 0.1) is 0 Å². The standard InChI is InChI=1S/C16H23N5/c1-19-7-9-20(10-8-19)11-12-21-13-15(16(17)18-21)14-5-3-2-4-6-14/h2-6,13H,7-12H2,1H3,(H2,17,18). The first-order valence-electron chi connectivity index (χ1n) is 7.51. The van der Waals surface area contributed by atoms with Gasteiger partial charge >= 0.3 is 0 Å². The lowest BCUT2D eigenvalue weighted by Gasteiger charge is -2.32. The van der Waals surface area contributed by atoms with Gasteiger partial charge in [0.2, 0.25) is 0 Å². The highest BCUT2D eigenvalue weighted by molar-refractivity contribution is 5.72. The summed E-state index contributed by atoms with van der Waals surface area (Å²) < 4.78 is 1.97. The molecule has 1 fully saturated rings. The van der Waals surface area contributed by atoms with Crippen molar-refractivity contribution < 1.29 is 0 Å². The molecule has 0 amide bonds. The van der Waals surface area contributed by atoms with E-state index in [9.17, 15) is 0 Å². The summed E-state index contributed by atoms with van der Waals surface area (Å²) in [6.07, 6.45) is 2.06. The minimum atomic E-state index is 0.611. The Morgan fingerprint density at radius 2 is 1.76 bits per heavy atom. The third-order valence-corrected chi connectivity index (χ3v) is 4.12. The molecule has 21 heavy (non-hydrogen) atoms. The third-order valence-electron chi connectivity index (χ3n) is 4.12. The molecule has 1 aromatic heterocycles. The van der Waals surface area contributed by atoms with E-state index in [1.165, 1.54) is 0 Å². The monoisotopic (exact) mass is 285 g/mol. The van der Waals surface area contributed by atoms with Crippen molar-refractivity contribution in [1.82, 2.24) is 19.6 Å². The Balaban J connectivity index is 1.62. The van der Waals surface area contributed by atoms with E-state index in [0.717, 1.165) is 50.4 Å². The SMILES string of the molecule is CN1CCN(CCn2cc(-c3ccccc3)c(N)n2)CC1. The average Bonchev–Trinajstić information content (AvgIpc) is 2.89. The largest absolute Gasteiger partial charge is 0.382 e. The van der Waals surface area contributed by atoms with Gasteiger partial charge in [0.05, 0.1) is 6.54 Å². The van der Waals surface area contributed by atoms with Gasteiger partial charge in [-0.15, -0.1) is 0 Å². The van der Waals surface area contributed by atoms with Crippen LogP contribution in [0.5, 0.6) is 0 Å². The number of hydrogen-bond acceptors (Lipinski definition) is 4. The normalized spacial score (nSPS) is 17.2. The van der Waals surface area contributed by atoms with Crippen LogP contribution >= 0.6 is 0 Å². The smallest absolute Gasteiger partial charge is 0.153 e. The molecule has 0 bridgehead atoms. The molecule has 2 aromatic rings. The van der Waals surface area contributed by atoms with Crippen LogP contribution in [0.4, 0.5) is 5.82 Å². The summed E-state index contributed by atoms with van der Waals surface area (Å²) in [4.78, 5) is 4.86. The summed E-state index contributed by atoms with van der Waals surface area (Å²) in [5, 5.41) is 4.44. The van der Waals surface area contributed by atoms with Crippen molar-refractivity contribution in [1.29, 1.82) is 0 Å². The molecule has 2 N–H and O–H groups in total. The maximum Gasteiger partial charge on any atom is 0.153 e. The lowest BCUT2D eigenvalue weighted by molar-refractivity contribution is 0.149. The highest BCUT2D eigenvalue weighted by atomic mass is 15.3. The molecule has 5 nitrogen and oxygen atoms in total. The number of rotatable bonds is 4. The van der Waals surface area contributed by atoms with Crippen LogP contribution in [0.25, 0.3) is 11.1 Å². The van der Waals surface area contributed by atoms with Crippen molar-refractivity contribution in [2.75, 3.05) is 45.5 Å². The third kappa shape index (κ3) is 3.43. The number of likely N-dealkylation sites (N-methyl/N-ethyl adjacent to an activating group) is 1. The molecule has 0 radical (unpaired) electrons. The van der Waals surface area contributed by atoms with Gasteiger partial charge in [-0.3, -0.25) is 9.58 Å². The summed E-state index contributed by atoms with van der Waals surface area (Å²) >= 11 is 0. The number of aromatic nitrogens is 2. The molecule has 112 valence electrons. The zero-order valence-electron chi connectivity index (χ0n) is 12.6. The molecule has 0 atom stereocenters. The first-order chi connectivity index (χ1) is 10.2. The van der Waals surface area contributed by atoms with Crippen molar-refractivity contribution in [2.45, 2.75) is 6.54 Å². The maximum absolute atomic E-state index is 6.05. The van der Waals surface area contributed by atoms with Gasteiger partial charge in [-0.25, -0.2) is 0 Å². The summed E-state index contributed by atoms with van der Waals surface area (Å²) in [6, 6.07) is 10.2. The topological polar surface area (TPSA) is 50.3 Å². The number of hydrogen-bond donors (Lipinski definition) is 1. The molecular weight excluding hydrogens is 262 g/mol. The minimum Gasteiger partial charge on any atom is -0.382 e. The summed E-state index contributed by atoms with van der Waals surface area (Å²) in [5.74, 6) is 0.611. The van der Waals surface area contributed by atoms with E-state index in [2.05, 4.69) is 40.3 Å². The number of anilines is 1. The molecule has 0 saturated carbocycles. The lowest BCUT2D eigenvalue weighted by Crippen LogP contribution is -2.45. The fourth-order valence-electron chi connectivity index (χ4n) is 2.71. The molecule has 3 rings (SSSR count). The second-order valence-corrected chi connectivity index (χ2v) is 5.70. The van der Waals surface area contributed by atoms with Crippen LogP contribution in [0.3, 0.4) is 0 Å². The van der Waals surface area contributed by atoms with E-state index >= 15 is 0 Å². The Hall–Kier alpha value is -1.85. The van der Waals surface area contributed by atoms with E-state index in [1.54, 1.807) is 0 Å². The van der Waals surface area contributed by atoms with Gasteiger partial charge in [0.25, 0.3) is 0 Å². The number of nitrogens with two attached hydrogens (primary N) is 1. The fourth-order valence-corrected chi connectivity index (χ4v) is 2.71. The molecule has 1 aromatic carbocycles. The van der Waals surface area contributed by atoms with Crippen LogP contribution in [0.1, 0.15) is 0 Å². The number of piperazine rings is 1. The van der Waals surface area contributed by atoms with E-state index in [4.69, 9.17) is 5.73 Å². The van der Waals surface area contributed by atoms with Crippen molar-refractivity contribution in [3.05, 3.63) is 36.5 Å². The van der Waals surface area contributed by atoms with Crippen molar-refractivity contribution in [2.24, 2.45) is 0 Å². The molecule has 0 unspecified atom stereocenters. The second kappa shape index (κ2) is 6.28. The number of nitrogens with zero attached hydrogens (tertiary/aromatic N) is 4. The average molecular weight is 285 g/mol. The first-order valence-corrected chi connectivity index (χ1v) is 7.51. The van der Waals surface area contributed by atoms with Gasteiger partial charge in [-0.05, 0) is 12.6 Å².